The van der Waals surface area contributed by atoms with Crippen LogP contribution in [0.5, 0.6) is 0 Å². The van der Waals surface area contributed by atoms with Crippen LogP contribution in [0.15, 0.2) is 114 Å². The summed E-state index contributed by atoms with van der Waals surface area (Å²) in [4.78, 5) is 45.5. The number of carbonyl (C=O) groups excluding carboxylic acids is 3. The molecule has 4 aromatic carbocycles. The molecule has 5 nitrogen and oxygen atoms in total. The van der Waals surface area contributed by atoms with Gasteiger partial charge in [0, 0.05) is 27.0 Å². The van der Waals surface area contributed by atoms with Gasteiger partial charge in [-0.05, 0) is 35.4 Å². The van der Waals surface area contributed by atoms with Gasteiger partial charge in [0.25, 0.3) is 0 Å². The molecule has 6 heteroatoms. The molecule has 0 saturated carbocycles. The Balaban J connectivity index is 1.55. The molecule has 0 aromatic heterocycles. The summed E-state index contributed by atoms with van der Waals surface area (Å²) < 4.78 is 0.907. The Bertz CT molecular complexity index is 1680. The smallest absolute Gasteiger partial charge is 0.238 e. The minimum absolute atomic E-state index is 0.187. The number of fused-ring (bicyclic) bond motifs is 6. The molecule has 3 aliphatic rings. The number of halogens is 1. The van der Waals surface area contributed by atoms with Crippen molar-refractivity contribution in [1.82, 2.24) is 0 Å². The molecule has 39 heavy (non-hydrogen) atoms. The predicted molar refractivity (Wildman–Crippen MR) is 155 cm³/mol. The molecule has 1 amide bonds. The number of hydrogen-bond acceptors (Lipinski definition) is 4. The van der Waals surface area contributed by atoms with Gasteiger partial charge in [0.15, 0.2) is 11.6 Å². The van der Waals surface area contributed by atoms with Crippen molar-refractivity contribution < 1.29 is 14.4 Å². The summed E-state index contributed by atoms with van der Waals surface area (Å²) in [5, 5.41) is 3.06. The largest absolute Gasteiger partial charge is 0.352 e. The van der Waals surface area contributed by atoms with Crippen LogP contribution in [0.4, 0.5) is 11.4 Å². The van der Waals surface area contributed by atoms with E-state index in [1.807, 2.05) is 95.9 Å². The van der Waals surface area contributed by atoms with Gasteiger partial charge in [-0.1, -0.05) is 107 Å². The Labute approximate surface area is 234 Å². The summed E-state index contributed by atoms with van der Waals surface area (Å²) in [6.07, 6.45) is 3.98. The third kappa shape index (κ3) is 3.34. The van der Waals surface area contributed by atoms with Gasteiger partial charge in [0.05, 0.1) is 12.0 Å². The molecule has 190 valence electrons. The summed E-state index contributed by atoms with van der Waals surface area (Å²) in [5.41, 5.74) is 2.83. The highest BCUT2D eigenvalue weighted by molar-refractivity contribution is 9.10. The summed E-state index contributed by atoms with van der Waals surface area (Å²) in [5.74, 6) is -1.65. The highest BCUT2D eigenvalue weighted by Gasteiger charge is 2.70. The molecule has 4 unspecified atom stereocenters. The molecule has 1 N–H and O–H groups in total. The van der Waals surface area contributed by atoms with Gasteiger partial charge in [0.2, 0.25) is 5.91 Å². The lowest BCUT2D eigenvalue weighted by atomic mass is 9.64. The molecule has 1 spiro atoms. The molecule has 4 aromatic rings. The van der Waals surface area contributed by atoms with Crippen molar-refractivity contribution in [2.75, 3.05) is 10.2 Å². The average molecular weight is 575 g/mol. The number of nitrogens with one attached hydrogen (secondary N) is 1. The van der Waals surface area contributed by atoms with Crippen molar-refractivity contribution in [3.8, 4) is 0 Å². The van der Waals surface area contributed by atoms with Crippen molar-refractivity contribution in [2.45, 2.75) is 17.5 Å². The highest BCUT2D eigenvalue weighted by Crippen LogP contribution is 2.58. The van der Waals surface area contributed by atoms with Crippen molar-refractivity contribution in [1.29, 1.82) is 0 Å². The zero-order chi connectivity index (χ0) is 26.7. The molecule has 3 aliphatic heterocycles. The number of Topliss-reactive ketones (excluding diaryl/α,β-unsaturated/α-hetero) is 2. The summed E-state index contributed by atoms with van der Waals surface area (Å²) in [6.45, 7) is 0. The van der Waals surface area contributed by atoms with Crippen LogP contribution in [0.25, 0.3) is 6.08 Å². The maximum Gasteiger partial charge on any atom is 0.238 e. The number of amides is 1. The van der Waals surface area contributed by atoms with Crippen LogP contribution in [0.3, 0.4) is 0 Å². The fourth-order valence-corrected chi connectivity index (χ4v) is 7.08. The topological polar surface area (TPSA) is 66.5 Å². The quantitative estimate of drug-likeness (QED) is 0.290. The summed E-state index contributed by atoms with van der Waals surface area (Å²) >= 11 is 3.56. The van der Waals surface area contributed by atoms with Gasteiger partial charge in [-0.25, -0.2) is 0 Å². The lowest BCUT2D eigenvalue weighted by Gasteiger charge is -2.37. The molecule has 0 aliphatic carbocycles. The van der Waals surface area contributed by atoms with Gasteiger partial charge >= 0.3 is 0 Å². The Morgan fingerprint density at radius 3 is 2.15 bits per heavy atom. The van der Waals surface area contributed by atoms with E-state index in [2.05, 4.69) is 21.2 Å². The molecular formula is C33H23BrN2O3. The second-order valence-corrected chi connectivity index (χ2v) is 11.1. The van der Waals surface area contributed by atoms with E-state index < -0.39 is 23.4 Å². The molecule has 4 atom stereocenters. The molecule has 7 rings (SSSR count). The number of hydrogen-bond donors (Lipinski definition) is 1. The second kappa shape index (κ2) is 8.89. The van der Waals surface area contributed by atoms with Crippen LogP contribution in [-0.2, 0) is 10.2 Å². The second-order valence-electron chi connectivity index (χ2n) is 10.2. The van der Waals surface area contributed by atoms with Crippen molar-refractivity contribution in [3.05, 3.63) is 136 Å². The van der Waals surface area contributed by atoms with E-state index >= 15 is 0 Å². The third-order valence-corrected chi connectivity index (χ3v) is 8.76. The van der Waals surface area contributed by atoms with E-state index in [4.69, 9.17) is 0 Å². The minimum Gasteiger partial charge on any atom is -0.352 e. The van der Waals surface area contributed by atoms with Gasteiger partial charge in [0.1, 0.15) is 11.5 Å². The Kier molecular flexibility index (Phi) is 5.42. The Hall–Kier alpha value is -4.29. The monoisotopic (exact) mass is 574 g/mol. The standard InChI is InChI=1S/C33H23BrN2O3/c34-23-16-17-26-22(19-23)15-18-27-33(24-13-7-8-14-25(24)35-32(33)39)28(30(37)20-9-3-1-4-10-20)29(36(26)27)31(38)21-11-5-2-6-12-21/h1-19,27-29H,(H,35,39). The number of para-hydroxylation sites is 1. The summed E-state index contributed by atoms with van der Waals surface area (Å²) in [6, 6.07) is 30.0. The molecule has 0 radical (unpaired) electrons. The van der Waals surface area contributed by atoms with Gasteiger partial charge < -0.3 is 10.2 Å². The van der Waals surface area contributed by atoms with Crippen molar-refractivity contribution >= 4 is 50.9 Å². The van der Waals surface area contributed by atoms with Crippen LogP contribution in [-0.4, -0.2) is 29.6 Å². The first-order chi connectivity index (χ1) is 19.0. The highest BCUT2D eigenvalue weighted by atomic mass is 79.9. The van der Waals surface area contributed by atoms with Crippen LogP contribution >= 0.6 is 15.9 Å². The van der Waals surface area contributed by atoms with E-state index in [1.165, 1.54) is 0 Å². The number of anilines is 2. The minimum atomic E-state index is -1.31. The molecule has 0 bridgehead atoms. The fourth-order valence-electron chi connectivity index (χ4n) is 6.71. The predicted octanol–water partition coefficient (Wildman–Crippen LogP) is 6.31. The molecule has 1 fully saturated rings. The van der Waals surface area contributed by atoms with Crippen molar-refractivity contribution in [3.63, 3.8) is 0 Å². The first-order valence-corrected chi connectivity index (χ1v) is 13.7. The van der Waals surface area contributed by atoms with E-state index in [9.17, 15) is 14.4 Å². The maximum absolute atomic E-state index is 14.6. The molecule has 3 heterocycles. The lowest BCUT2D eigenvalue weighted by molar-refractivity contribution is -0.121. The zero-order valence-corrected chi connectivity index (χ0v) is 22.3. The van der Waals surface area contributed by atoms with E-state index in [-0.39, 0.29) is 17.5 Å². The number of benzene rings is 4. The fraction of sp³-hybridized carbons (Fsp3) is 0.121. The SMILES string of the molecule is O=C(c1ccccc1)C1C(C(=O)c2ccccc2)C2(C(=O)Nc3ccccc32)C2C=Cc3cc(Br)ccc3N12. The Morgan fingerprint density at radius 1 is 0.795 bits per heavy atom. The van der Waals surface area contributed by atoms with Crippen LogP contribution < -0.4 is 10.2 Å². The average Bonchev–Trinajstić information content (AvgIpc) is 3.45. The normalized spacial score (nSPS) is 24.2. The van der Waals surface area contributed by atoms with Crippen LogP contribution in [0.2, 0.25) is 0 Å². The number of rotatable bonds is 4. The molecule has 1 saturated heterocycles. The van der Waals surface area contributed by atoms with Crippen molar-refractivity contribution in [2.24, 2.45) is 5.92 Å². The molecular weight excluding hydrogens is 552 g/mol. The van der Waals surface area contributed by atoms with E-state index in [1.54, 1.807) is 24.3 Å². The Morgan fingerprint density at radius 2 is 1.44 bits per heavy atom. The summed E-state index contributed by atoms with van der Waals surface area (Å²) in [7, 11) is 0. The lowest BCUT2D eigenvalue weighted by Crippen LogP contribution is -2.51. The van der Waals surface area contributed by atoms with Gasteiger partial charge in [-0.15, -0.1) is 0 Å². The van der Waals surface area contributed by atoms with E-state index in [0.717, 1.165) is 21.3 Å². The number of nitrogens with zero attached hydrogens (tertiary/aromatic N) is 1. The van der Waals surface area contributed by atoms with Crippen LogP contribution in [0, 0.1) is 5.92 Å². The van der Waals surface area contributed by atoms with Gasteiger partial charge in [-0.2, -0.15) is 0 Å². The zero-order valence-electron chi connectivity index (χ0n) is 20.8. The van der Waals surface area contributed by atoms with Gasteiger partial charge in [-0.3, -0.25) is 14.4 Å². The first-order valence-electron chi connectivity index (χ1n) is 12.9. The number of carbonyl (C=O) groups is 3. The number of ketones is 2. The van der Waals surface area contributed by atoms with E-state index in [0.29, 0.717) is 16.8 Å². The maximum atomic E-state index is 14.6. The third-order valence-electron chi connectivity index (χ3n) is 8.26. The first kappa shape index (κ1) is 23.8. The van der Waals surface area contributed by atoms with Crippen LogP contribution in [0.1, 0.15) is 31.8 Å².